The zero-order valence-corrected chi connectivity index (χ0v) is 24.7. The van der Waals surface area contributed by atoms with E-state index in [0.717, 1.165) is 35.8 Å². The van der Waals surface area contributed by atoms with Crippen LogP contribution in [0.15, 0.2) is 53.1 Å². The molecule has 3 heterocycles. The van der Waals surface area contributed by atoms with Gasteiger partial charge in [0.1, 0.15) is 16.2 Å². The van der Waals surface area contributed by atoms with Crippen LogP contribution >= 0.6 is 23.1 Å². The molecule has 40 heavy (non-hydrogen) atoms. The molecule has 0 saturated heterocycles. The monoisotopic (exact) mass is 579 g/mol. The maximum Gasteiger partial charge on any atom is 0.258 e. The largest absolute Gasteiger partial charge is 0.351 e. The van der Waals surface area contributed by atoms with Crippen LogP contribution in [0.2, 0.25) is 0 Å². The summed E-state index contributed by atoms with van der Waals surface area (Å²) in [5.41, 5.74) is 1.71. The van der Waals surface area contributed by atoms with Crippen LogP contribution in [-0.2, 0) is 6.42 Å². The molecule has 1 aromatic carbocycles. The van der Waals surface area contributed by atoms with Gasteiger partial charge in [0.25, 0.3) is 5.91 Å². The molecular weight excluding hydrogens is 545 g/mol. The lowest BCUT2D eigenvalue weighted by atomic mass is 10.1. The SMILES string of the molecule is C=Cc1sc2c(C(=O)NCCN(CC)CCC)c(=O)c3cc(F)c(SCCc4cnccn4)cc3n2c1/C=C\C. The number of fused-ring (bicyclic) bond motifs is 3. The zero-order valence-electron chi connectivity index (χ0n) is 23.1. The third-order valence-electron chi connectivity index (χ3n) is 6.55. The number of thioether (sulfide) groups is 1. The summed E-state index contributed by atoms with van der Waals surface area (Å²) in [5, 5.41) is 3.09. The Morgan fingerprint density at radius 1 is 1.27 bits per heavy atom. The normalized spacial score (nSPS) is 11.7. The summed E-state index contributed by atoms with van der Waals surface area (Å²) in [6.07, 6.45) is 12.1. The molecule has 0 radical (unpaired) electrons. The van der Waals surface area contributed by atoms with E-state index >= 15 is 4.39 Å². The molecule has 0 aliphatic carbocycles. The number of rotatable bonds is 13. The van der Waals surface area contributed by atoms with Crippen molar-refractivity contribution in [2.24, 2.45) is 0 Å². The molecule has 0 unspecified atom stereocenters. The van der Waals surface area contributed by atoms with E-state index in [-0.39, 0.29) is 10.9 Å². The van der Waals surface area contributed by atoms with Crippen LogP contribution < -0.4 is 10.7 Å². The summed E-state index contributed by atoms with van der Waals surface area (Å²) >= 11 is 2.69. The zero-order chi connectivity index (χ0) is 28.6. The van der Waals surface area contributed by atoms with Crippen LogP contribution in [-0.4, -0.2) is 57.1 Å². The van der Waals surface area contributed by atoms with Gasteiger partial charge in [0.2, 0.25) is 5.43 Å². The number of aromatic nitrogens is 3. The molecule has 3 aromatic heterocycles. The highest BCUT2D eigenvalue weighted by atomic mass is 32.2. The minimum absolute atomic E-state index is 0.0253. The number of benzene rings is 1. The number of likely N-dealkylation sites (N-methyl/N-ethyl adjacent to an activating group) is 1. The molecule has 1 amide bonds. The molecular formula is C30H34FN5O2S2. The third kappa shape index (κ3) is 6.35. The fourth-order valence-electron chi connectivity index (χ4n) is 4.62. The van der Waals surface area contributed by atoms with Gasteiger partial charge in [-0.15, -0.1) is 23.1 Å². The van der Waals surface area contributed by atoms with Crippen LogP contribution in [0, 0.1) is 5.82 Å². The molecule has 0 bridgehead atoms. The van der Waals surface area contributed by atoms with Gasteiger partial charge in [0.05, 0.1) is 21.8 Å². The number of halogens is 1. The Kier molecular flexibility index (Phi) is 10.2. The first kappa shape index (κ1) is 29.6. The van der Waals surface area contributed by atoms with Gasteiger partial charge in [-0.05, 0) is 50.7 Å². The summed E-state index contributed by atoms with van der Waals surface area (Å²) in [4.78, 5) is 39.6. The summed E-state index contributed by atoms with van der Waals surface area (Å²) in [6, 6.07) is 2.97. The van der Waals surface area contributed by atoms with Crippen molar-refractivity contribution in [3.63, 3.8) is 0 Å². The van der Waals surface area contributed by atoms with Crippen molar-refractivity contribution in [1.82, 2.24) is 24.6 Å². The fourth-order valence-corrected chi connectivity index (χ4v) is 6.68. The van der Waals surface area contributed by atoms with Crippen molar-refractivity contribution in [3.8, 4) is 0 Å². The Morgan fingerprint density at radius 2 is 2.10 bits per heavy atom. The average Bonchev–Trinajstić information content (AvgIpc) is 3.32. The standard InChI is InChI=1S/C30H34FN5O2S2/c1-5-9-23-25(7-3)40-30-27(29(38)34-13-15-35(8-4)14-6-2)28(37)21-17-22(31)26(18-24(21)36(23)30)39-16-10-20-19-32-11-12-33-20/h5,7,9,11-12,17-19H,3,6,8,10,13-16H2,1-2,4H3,(H,34,38)/b9-5-. The first-order valence-corrected chi connectivity index (χ1v) is 15.2. The number of hydrogen-bond donors (Lipinski definition) is 1. The van der Waals surface area contributed by atoms with Gasteiger partial charge in [0, 0.05) is 54.1 Å². The second kappa shape index (κ2) is 13.8. The Bertz CT molecular complexity index is 1600. The van der Waals surface area contributed by atoms with Gasteiger partial charge in [-0.3, -0.25) is 24.0 Å². The van der Waals surface area contributed by atoms with E-state index in [1.54, 1.807) is 30.7 Å². The molecule has 0 fully saturated rings. The van der Waals surface area contributed by atoms with Gasteiger partial charge in [0.15, 0.2) is 0 Å². The highest BCUT2D eigenvalue weighted by Gasteiger charge is 2.24. The van der Waals surface area contributed by atoms with E-state index in [1.165, 1.54) is 29.2 Å². The lowest BCUT2D eigenvalue weighted by Gasteiger charge is -2.19. The molecule has 210 valence electrons. The second-order valence-electron chi connectivity index (χ2n) is 9.19. The lowest BCUT2D eigenvalue weighted by molar-refractivity contribution is 0.0949. The Labute approximate surface area is 241 Å². The van der Waals surface area contributed by atoms with Crippen molar-refractivity contribution in [1.29, 1.82) is 0 Å². The number of pyridine rings is 1. The number of thiazole rings is 1. The third-order valence-corrected chi connectivity index (χ3v) is 8.76. The summed E-state index contributed by atoms with van der Waals surface area (Å²) < 4.78 is 17.2. The van der Waals surface area contributed by atoms with Crippen LogP contribution in [0.5, 0.6) is 0 Å². The summed E-state index contributed by atoms with van der Waals surface area (Å²) in [7, 11) is 0. The van der Waals surface area contributed by atoms with E-state index in [4.69, 9.17) is 0 Å². The number of hydrogen-bond acceptors (Lipinski definition) is 7. The van der Waals surface area contributed by atoms with Crippen LogP contribution in [0.1, 0.15) is 53.8 Å². The van der Waals surface area contributed by atoms with E-state index < -0.39 is 17.2 Å². The Balaban J connectivity index is 1.78. The molecule has 0 spiro atoms. The molecule has 0 saturated carbocycles. The maximum atomic E-state index is 15.4. The summed E-state index contributed by atoms with van der Waals surface area (Å²) in [6.45, 7) is 13.0. The van der Waals surface area contributed by atoms with Crippen LogP contribution in [0.3, 0.4) is 0 Å². The second-order valence-corrected chi connectivity index (χ2v) is 11.4. The number of carbonyl (C=O) groups is 1. The lowest BCUT2D eigenvalue weighted by Crippen LogP contribution is -2.37. The van der Waals surface area contributed by atoms with E-state index in [2.05, 4.69) is 40.6 Å². The molecule has 7 nitrogen and oxygen atoms in total. The van der Waals surface area contributed by atoms with Gasteiger partial charge in [-0.1, -0.05) is 26.5 Å². The maximum absolute atomic E-state index is 15.4. The number of carbonyl (C=O) groups excluding carboxylic acids is 1. The molecule has 10 heteroatoms. The molecule has 0 atom stereocenters. The van der Waals surface area contributed by atoms with Gasteiger partial charge >= 0.3 is 0 Å². The minimum Gasteiger partial charge on any atom is -0.351 e. The smallest absolute Gasteiger partial charge is 0.258 e. The topological polar surface area (TPSA) is 79.6 Å². The number of aryl methyl sites for hydroxylation is 1. The predicted octanol–water partition coefficient (Wildman–Crippen LogP) is 5.92. The Morgan fingerprint density at radius 3 is 2.77 bits per heavy atom. The van der Waals surface area contributed by atoms with Crippen molar-refractivity contribution >= 4 is 56.9 Å². The van der Waals surface area contributed by atoms with Crippen molar-refractivity contribution < 1.29 is 9.18 Å². The predicted molar refractivity (Wildman–Crippen MR) is 165 cm³/mol. The highest BCUT2D eigenvalue weighted by molar-refractivity contribution is 7.99. The van der Waals surface area contributed by atoms with Crippen molar-refractivity contribution in [2.45, 2.75) is 38.5 Å². The summed E-state index contributed by atoms with van der Waals surface area (Å²) in [5.74, 6) is -0.357. The number of amides is 1. The number of allylic oxidation sites excluding steroid dienone is 1. The first-order chi connectivity index (χ1) is 19.4. The van der Waals surface area contributed by atoms with Crippen LogP contribution in [0.25, 0.3) is 27.9 Å². The highest BCUT2D eigenvalue weighted by Crippen LogP contribution is 2.34. The van der Waals surface area contributed by atoms with Crippen molar-refractivity contribution in [2.75, 3.05) is 31.9 Å². The molecule has 0 aliphatic heterocycles. The Hall–Kier alpha value is -3.34. The number of nitrogens with zero attached hydrogens (tertiary/aromatic N) is 4. The van der Waals surface area contributed by atoms with Gasteiger partial charge in [-0.25, -0.2) is 4.39 Å². The average molecular weight is 580 g/mol. The number of nitrogens with one attached hydrogen (secondary N) is 1. The van der Waals surface area contributed by atoms with E-state index in [9.17, 15) is 9.59 Å². The van der Waals surface area contributed by atoms with Crippen LogP contribution in [0.4, 0.5) is 4.39 Å². The molecule has 1 N–H and O–H groups in total. The van der Waals surface area contributed by atoms with E-state index in [0.29, 0.717) is 40.5 Å². The quantitative estimate of drug-likeness (QED) is 0.198. The van der Waals surface area contributed by atoms with Crippen molar-refractivity contribution in [3.05, 3.63) is 81.2 Å². The molecule has 4 rings (SSSR count). The van der Waals surface area contributed by atoms with Gasteiger partial charge in [-0.2, -0.15) is 0 Å². The van der Waals surface area contributed by atoms with E-state index in [1.807, 2.05) is 23.5 Å². The van der Waals surface area contributed by atoms with Gasteiger partial charge < -0.3 is 10.2 Å². The minimum atomic E-state index is -0.495. The molecule has 4 aromatic rings. The molecule has 0 aliphatic rings. The fraction of sp³-hybridized carbons (Fsp3) is 0.333. The first-order valence-electron chi connectivity index (χ1n) is 13.4.